The van der Waals surface area contributed by atoms with Crippen LogP contribution in [0, 0.1) is 0 Å². The van der Waals surface area contributed by atoms with Crippen LogP contribution < -0.4 is 0 Å². The quantitative estimate of drug-likeness (QED) is 0.442. The Labute approximate surface area is 50.6 Å². The summed E-state index contributed by atoms with van der Waals surface area (Å²) in [5, 5.41) is 0. The normalized spacial score (nSPS) is 45.0. The van der Waals surface area contributed by atoms with E-state index < -0.39 is 9.28 Å². The lowest BCUT2D eigenvalue weighted by molar-refractivity contribution is 0.0905. The molecule has 2 fully saturated rings. The third-order valence-corrected chi connectivity index (χ3v) is 4.24. The van der Waals surface area contributed by atoms with Gasteiger partial charge in [0.15, 0.2) is 0 Å². The van der Waals surface area contributed by atoms with Gasteiger partial charge >= 0.3 is 9.28 Å². The molecule has 2 atom stereocenters. The van der Waals surface area contributed by atoms with Crippen molar-refractivity contribution in [2.75, 3.05) is 13.2 Å². The molecule has 0 N–H and O–H groups in total. The first-order valence-corrected chi connectivity index (χ1v) is 4.81. The maximum atomic E-state index is 5.39. The van der Waals surface area contributed by atoms with Crippen LogP contribution in [0.1, 0.15) is 12.8 Å². The number of hydrogen-bond acceptors (Lipinski definition) is 2. The SMILES string of the molecule is C1CO[SiH]2OCC2C1. The summed E-state index contributed by atoms with van der Waals surface area (Å²) >= 11 is 0. The van der Waals surface area contributed by atoms with Gasteiger partial charge in [-0.3, -0.25) is 0 Å². The lowest BCUT2D eigenvalue weighted by Crippen LogP contribution is -2.45. The van der Waals surface area contributed by atoms with Crippen molar-refractivity contribution >= 4 is 9.28 Å². The Morgan fingerprint density at radius 1 is 1.38 bits per heavy atom. The minimum Gasteiger partial charge on any atom is -0.396 e. The van der Waals surface area contributed by atoms with E-state index in [0.29, 0.717) is 0 Å². The monoisotopic (exact) mass is 130 g/mol. The molecule has 8 heavy (non-hydrogen) atoms. The van der Waals surface area contributed by atoms with Gasteiger partial charge in [-0.1, -0.05) is 0 Å². The zero-order valence-corrected chi connectivity index (χ0v) is 5.95. The number of rotatable bonds is 0. The first-order chi connectivity index (χ1) is 3.97. The summed E-state index contributed by atoms with van der Waals surface area (Å²) in [5.74, 6) is 0. The maximum Gasteiger partial charge on any atom is 0.326 e. The molecule has 3 heteroatoms. The van der Waals surface area contributed by atoms with Crippen LogP contribution in [-0.2, 0) is 8.85 Å². The molecule has 0 aromatic heterocycles. The van der Waals surface area contributed by atoms with Crippen LogP contribution >= 0.6 is 0 Å². The molecule has 0 bridgehead atoms. The van der Waals surface area contributed by atoms with E-state index >= 15 is 0 Å². The minimum absolute atomic E-state index is 0.878. The van der Waals surface area contributed by atoms with E-state index in [1.165, 1.54) is 12.8 Å². The van der Waals surface area contributed by atoms with E-state index in [-0.39, 0.29) is 0 Å². The molecule has 0 aromatic carbocycles. The summed E-state index contributed by atoms with van der Waals surface area (Å²) in [4.78, 5) is 0. The highest BCUT2D eigenvalue weighted by Crippen LogP contribution is 2.32. The summed E-state index contributed by atoms with van der Waals surface area (Å²) in [7, 11) is -1.01. The van der Waals surface area contributed by atoms with Crippen LogP contribution in [0.4, 0.5) is 0 Å². The molecule has 2 rings (SSSR count). The first kappa shape index (κ1) is 4.96. The van der Waals surface area contributed by atoms with E-state index in [1.807, 2.05) is 0 Å². The van der Waals surface area contributed by atoms with Crippen LogP contribution in [0.3, 0.4) is 0 Å². The second-order valence-corrected chi connectivity index (χ2v) is 4.82. The van der Waals surface area contributed by atoms with E-state index in [4.69, 9.17) is 8.85 Å². The van der Waals surface area contributed by atoms with Crippen LogP contribution in [0.5, 0.6) is 0 Å². The van der Waals surface area contributed by atoms with Gasteiger partial charge in [0.1, 0.15) is 0 Å². The van der Waals surface area contributed by atoms with Gasteiger partial charge in [-0.05, 0) is 12.8 Å². The van der Waals surface area contributed by atoms with Gasteiger partial charge < -0.3 is 8.85 Å². The average molecular weight is 130 g/mol. The minimum atomic E-state index is -1.01. The molecule has 2 aliphatic heterocycles. The molecule has 2 aliphatic rings. The molecule has 2 unspecified atom stereocenters. The molecule has 46 valence electrons. The molecular weight excluding hydrogens is 120 g/mol. The number of fused-ring (bicyclic) bond motifs is 1. The van der Waals surface area contributed by atoms with Crippen molar-refractivity contribution in [3.8, 4) is 0 Å². The van der Waals surface area contributed by atoms with Gasteiger partial charge in [0.2, 0.25) is 0 Å². The van der Waals surface area contributed by atoms with E-state index in [0.717, 1.165) is 18.8 Å². The van der Waals surface area contributed by atoms with Gasteiger partial charge in [-0.2, -0.15) is 0 Å². The lowest BCUT2D eigenvalue weighted by atomic mass is 10.2. The van der Waals surface area contributed by atoms with Crippen LogP contribution in [0.25, 0.3) is 0 Å². The van der Waals surface area contributed by atoms with Crippen molar-refractivity contribution in [1.29, 1.82) is 0 Å². The van der Waals surface area contributed by atoms with Crippen molar-refractivity contribution in [1.82, 2.24) is 0 Å². The molecular formula is C5H10O2Si. The Kier molecular flexibility index (Phi) is 1.13. The molecule has 0 saturated carbocycles. The summed E-state index contributed by atoms with van der Waals surface area (Å²) in [5.41, 5.74) is 0.878. The highest BCUT2D eigenvalue weighted by Gasteiger charge is 2.37. The zero-order chi connectivity index (χ0) is 5.40. The molecule has 0 spiro atoms. The zero-order valence-electron chi connectivity index (χ0n) is 4.80. The highest BCUT2D eigenvalue weighted by atomic mass is 28.3. The lowest BCUT2D eigenvalue weighted by Gasteiger charge is -2.38. The van der Waals surface area contributed by atoms with Gasteiger partial charge in [-0.15, -0.1) is 0 Å². The fourth-order valence-corrected chi connectivity index (χ4v) is 3.16. The maximum absolute atomic E-state index is 5.39. The van der Waals surface area contributed by atoms with Crippen molar-refractivity contribution in [3.63, 3.8) is 0 Å². The third-order valence-electron chi connectivity index (χ3n) is 1.86. The van der Waals surface area contributed by atoms with Gasteiger partial charge in [0.25, 0.3) is 0 Å². The first-order valence-electron chi connectivity index (χ1n) is 3.20. The largest absolute Gasteiger partial charge is 0.396 e. The average Bonchev–Trinajstić information content (AvgIpc) is 1.72. The predicted octanol–water partition coefficient (Wildman–Crippen LogP) is 0.418. The Balaban J connectivity index is 1.92. The van der Waals surface area contributed by atoms with Gasteiger partial charge in [0.05, 0.1) is 0 Å². The van der Waals surface area contributed by atoms with E-state index in [9.17, 15) is 0 Å². The predicted molar refractivity (Wildman–Crippen MR) is 32.0 cm³/mol. The van der Waals surface area contributed by atoms with Gasteiger partial charge in [0, 0.05) is 18.8 Å². The number of hydrogen-bond donors (Lipinski definition) is 0. The smallest absolute Gasteiger partial charge is 0.326 e. The Morgan fingerprint density at radius 3 is 2.75 bits per heavy atom. The summed E-state index contributed by atoms with van der Waals surface area (Å²) < 4.78 is 10.6. The molecule has 2 heterocycles. The molecule has 0 aromatic rings. The van der Waals surface area contributed by atoms with Crippen LogP contribution in [0.15, 0.2) is 0 Å². The van der Waals surface area contributed by atoms with E-state index in [2.05, 4.69) is 0 Å². The topological polar surface area (TPSA) is 18.5 Å². The summed E-state index contributed by atoms with van der Waals surface area (Å²) in [6.07, 6.45) is 2.63. The molecule has 0 radical (unpaired) electrons. The standard InChI is InChI=1S/C5H10O2Si/c1-2-5-4-7-8(5)6-3-1/h5,8H,1-4H2. The van der Waals surface area contributed by atoms with Crippen LogP contribution in [-0.4, -0.2) is 22.5 Å². The van der Waals surface area contributed by atoms with Crippen molar-refractivity contribution in [3.05, 3.63) is 0 Å². The summed E-state index contributed by atoms with van der Waals surface area (Å²) in [6, 6.07) is 0. The molecule has 2 nitrogen and oxygen atoms in total. The highest BCUT2D eigenvalue weighted by molar-refractivity contribution is 6.49. The third kappa shape index (κ3) is 0.622. The fraction of sp³-hybridized carbons (Fsp3) is 1.00. The van der Waals surface area contributed by atoms with Crippen molar-refractivity contribution < 1.29 is 8.85 Å². The van der Waals surface area contributed by atoms with Gasteiger partial charge in [-0.25, -0.2) is 0 Å². The Morgan fingerprint density at radius 2 is 2.38 bits per heavy atom. The van der Waals surface area contributed by atoms with Crippen molar-refractivity contribution in [2.45, 2.75) is 18.4 Å². The second kappa shape index (κ2) is 1.82. The van der Waals surface area contributed by atoms with E-state index in [1.54, 1.807) is 0 Å². The van der Waals surface area contributed by atoms with Crippen molar-refractivity contribution in [2.24, 2.45) is 0 Å². The second-order valence-electron chi connectivity index (χ2n) is 2.47. The fourth-order valence-electron chi connectivity index (χ4n) is 1.26. The molecule has 0 aliphatic carbocycles. The summed E-state index contributed by atoms with van der Waals surface area (Å²) in [6.45, 7) is 1.96. The Hall–Kier alpha value is 0.137. The van der Waals surface area contributed by atoms with Crippen LogP contribution in [0.2, 0.25) is 5.54 Å². The Bertz CT molecular complexity index is 84.4. The molecule has 0 amide bonds. The molecule has 2 saturated heterocycles.